The minimum absolute atomic E-state index is 0.346. The quantitative estimate of drug-likeness (QED) is 0.544. The summed E-state index contributed by atoms with van der Waals surface area (Å²) in [4.78, 5) is 19.3. The summed E-state index contributed by atoms with van der Waals surface area (Å²) in [5.41, 5.74) is 0.737. The number of nitrogens with zero attached hydrogens (tertiary/aromatic N) is 2. The number of isothiocyanates is 1. The zero-order valence-corrected chi connectivity index (χ0v) is 8.67. The minimum Gasteiger partial charge on any atom is -0.408 e. The molecular weight excluding hydrogens is 212 g/mol. The highest BCUT2D eigenvalue weighted by Crippen LogP contribution is 2.16. The molecule has 5 heteroatoms. The largest absolute Gasteiger partial charge is 0.408 e. The lowest BCUT2D eigenvalue weighted by molar-refractivity contribution is 0.467. The fourth-order valence-electron chi connectivity index (χ4n) is 1.29. The highest BCUT2D eigenvalue weighted by Gasteiger charge is 2.03. The van der Waals surface area contributed by atoms with Gasteiger partial charge >= 0.3 is 5.63 Å². The fourth-order valence-corrected chi connectivity index (χ4v) is 1.39. The SMILES string of the molecule is Cc1nc2ccc(N=C=S)cc2c(=O)o1. The Hall–Kier alpha value is -1.84. The Kier molecular flexibility index (Phi) is 2.41. The summed E-state index contributed by atoms with van der Waals surface area (Å²) in [6, 6.07) is 4.99. The van der Waals surface area contributed by atoms with E-state index in [9.17, 15) is 4.79 Å². The number of hydrogen-bond donors (Lipinski definition) is 0. The summed E-state index contributed by atoms with van der Waals surface area (Å²) in [5, 5.41) is 2.63. The molecule has 0 fully saturated rings. The lowest BCUT2D eigenvalue weighted by Crippen LogP contribution is -2.02. The Labute approximate surface area is 90.3 Å². The van der Waals surface area contributed by atoms with Crippen LogP contribution in [0.1, 0.15) is 5.89 Å². The second-order valence-corrected chi connectivity index (χ2v) is 3.11. The molecule has 0 saturated carbocycles. The zero-order chi connectivity index (χ0) is 10.8. The van der Waals surface area contributed by atoms with E-state index in [1.807, 2.05) is 0 Å². The van der Waals surface area contributed by atoms with E-state index in [-0.39, 0.29) is 0 Å². The first-order valence-corrected chi connectivity index (χ1v) is 4.61. The van der Waals surface area contributed by atoms with Crippen LogP contribution in [0.4, 0.5) is 5.69 Å². The number of aromatic nitrogens is 1. The van der Waals surface area contributed by atoms with Crippen molar-refractivity contribution in [1.29, 1.82) is 0 Å². The number of fused-ring (bicyclic) bond motifs is 1. The first kappa shape index (κ1) is 9.71. The summed E-state index contributed by atoms with van der Waals surface area (Å²) < 4.78 is 4.87. The van der Waals surface area contributed by atoms with Gasteiger partial charge in [-0.05, 0) is 30.4 Å². The summed E-state index contributed by atoms with van der Waals surface area (Å²) >= 11 is 4.48. The number of thiocarbonyl (C=S) groups is 1. The molecule has 0 unspecified atom stereocenters. The molecule has 1 aromatic heterocycles. The topological polar surface area (TPSA) is 55.5 Å². The normalized spacial score (nSPS) is 9.93. The zero-order valence-electron chi connectivity index (χ0n) is 7.85. The molecule has 0 aliphatic carbocycles. The van der Waals surface area contributed by atoms with E-state index in [2.05, 4.69) is 27.4 Å². The molecule has 0 N–H and O–H groups in total. The van der Waals surface area contributed by atoms with Gasteiger partial charge in [0.2, 0.25) is 0 Å². The third-order valence-electron chi connectivity index (χ3n) is 1.89. The van der Waals surface area contributed by atoms with Crippen molar-refractivity contribution in [3.63, 3.8) is 0 Å². The van der Waals surface area contributed by atoms with Gasteiger partial charge in [-0.2, -0.15) is 4.99 Å². The van der Waals surface area contributed by atoms with Gasteiger partial charge in [0.15, 0.2) is 5.89 Å². The monoisotopic (exact) mass is 218 g/mol. The van der Waals surface area contributed by atoms with Crippen molar-refractivity contribution in [2.24, 2.45) is 4.99 Å². The van der Waals surface area contributed by atoms with Crippen LogP contribution in [-0.4, -0.2) is 10.1 Å². The van der Waals surface area contributed by atoms with E-state index in [1.165, 1.54) is 0 Å². The Morgan fingerprint density at radius 2 is 2.33 bits per heavy atom. The van der Waals surface area contributed by atoms with Gasteiger partial charge in [0.1, 0.15) is 0 Å². The predicted octanol–water partition coefficient (Wildman–Crippen LogP) is 2.23. The maximum atomic E-state index is 11.5. The van der Waals surface area contributed by atoms with Gasteiger partial charge in [-0.25, -0.2) is 9.78 Å². The third-order valence-corrected chi connectivity index (χ3v) is 1.98. The second-order valence-electron chi connectivity index (χ2n) is 2.92. The molecule has 2 rings (SSSR count). The van der Waals surface area contributed by atoms with Crippen molar-refractivity contribution < 1.29 is 4.42 Å². The van der Waals surface area contributed by atoms with Crippen LogP contribution in [-0.2, 0) is 0 Å². The van der Waals surface area contributed by atoms with Crippen molar-refractivity contribution in [1.82, 2.24) is 4.98 Å². The van der Waals surface area contributed by atoms with Gasteiger partial charge in [0.25, 0.3) is 0 Å². The maximum Gasteiger partial charge on any atom is 0.346 e. The van der Waals surface area contributed by atoms with E-state index in [0.717, 1.165) is 0 Å². The van der Waals surface area contributed by atoms with Crippen LogP contribution in [0.5, 0.6) is 0 Å². The molecule has 2 aromatic rings. The smallest absolute Gasteiger partial charge is 0.346 e. The predicted molar refractivity (Wildman–Crippen MR) is 59.7 cm³/mol. The van der Waals surface area contributed by atoms with Crippen molar-refractivity contribution >= 4 is 34.0 Å². The van der Waals surface area contributed by atoms with Crippen molar-refractivity contribution in [2.45, 2.75) is 6.92 Å². The average Bonchev–Trinajstić information content (AvgIpc) is 2.19. The van der Waals surface area contributed by atoms with Gasteiger partial charge < -0.3 is 4.42 Å². The number of rotatable bonds is 1. The van der Waals surface area contributed by atoms with Crippen molar-refractivity contribution in [3.05, 3.63) is 34.5 Å². The van der Waals surface area contributed by atoms with E-state index in [0.29, 0.717) is 22.5 Å². The second kappa shape index (κ2) is 3.73. The van der Waals surface area contributed by atoms with Gasteiger partial charge in [0.05, 0.1) is 21.8 Å². The average molecular weight is 218 g/mol. The van der Waals surface area contributed by atoms with Crippen LogP contribution in [0, 0.1) is 6.92 Å². The summed E-state index contributed by atoms with van der Waals surface area (Å²) in [6.45, 7) is 1.63. The molecule has 0 aliphatic rings. The molecule has 0 saturated heterocycles. The molecule has 0 amide bonds. The van der Waals surface area contributed by atoms with E-state index >= 15 is 0 Å². The lowest BCUT2D eigenvalue weighted by atomic mass is 10.2. The molecule has 0 atom stereocenters. The molecule has 0 bridgehead atoms. The first-order valence-electron chi connectivity index (χ1n) is 4.20. The number of aryl methyl sites for hydroxylation is 1. The van der Waals surface area contributed by atoms with E-state index < -0.39 is 5.63 Å². The Balaban J connectivity index is 2.82. The summed E-state index contributed by atoms with van der Waals surface area (Å²) in [5.74, 6) is 0.346. The Morgan fingerprint density at radius 1 is 1.53 bits per heavy atom. The Morgan fingerprint density at radius 3 is 3.07 bits per heavy atom. The Bertz CT molecular complexity index is 627. The molecule has 1 aromatic carbocycles. The number of benzene rings is 1. The summed E-state index contributed by atoms with van der Waals surface area (Å²) in [6.07, 6.45) is 0. The van der Waals surface area contributed by atoms with Crippen LogP contribution >= 0.6 is 12.2 Å². The van der Waals surface area contributed by atoms with Gasteiger partial charge in [0, 0.05) is 6.92 Å². The molecule has 0 spiro atoms. The highest BCUT2D eigenvalue weighted by atomic mass is 32.1. The lowest BCUT2D eigenvalue weighted by Gasteiger charge is -1.97. The van der Waals surface area contributed by atoms with Gasteiger partial charge in [-0.3, -0.25) is 0 Å². The van der Waals surface area contributed by atoms with Gasteiger partial charge in [-0.15, -0.1) is 0 Å². The summed E-state index contributed by atoms with van der Waals surface area (Å²) in [7, 11) is 0. The molecule has 15 heavy (non-hydrogen) atoms. The van der Waals surface area contributed by atoms with Crippen LogP contribution in [0.3, 0.4) is 0 Å². The van der Waals surface area contributed by atoms with Gasteiger partial charge in [-0.1, -0.05) is 0 Å². The molecule has 1 heterocycles. The van der Waals surface area contributed by atoms with Crippen LogP contribution in [0.25, 0.3) is 10.9 Å². The molecule has 4 nitrogen and oxygen atoms in total. The van der Waals surface area contributed by atoms with E-state index in [4.69, 9.17) is 4.42 Å². The molecular formula is C10H6N2O2S. The van der Waals surface area contributed by atoms with Crippen LogP contribution in [0.2, 0.25) is 0 Å². The highest BCUT2D eigenvalue weighted by molar-refractivity contribution is 7.78. The first-order chi connectivity index (χ1) is 7.20. The molecule has 0 aliphatic heterocycles. The third kappa shape index (κ3) is 1.83. The minimum atomic E-state index is -0.418. The molecule has 74 valence electrons. The number of aliphatic imine (C=N–C) groups is 1. The van der Waals surface area contributed by atoms with Crippen LogP contribution in [0.15, 0.2) is 32.4 Å². The standard InChI is InChI=1S/C10H6N2O2S/c1-6-12-9-3-2-7(11-5-15)4-8(9)10(13)14-6/h2-4H,1H3. The maximum absolute atomic E-state index is 11.5. The number of hydrogen-bond acceptors (Lipinski definition) is 5. The van der Waals surface area contributed by atoms with Crippen molar-refractivity contribution in [3.8, 4) is 0 Å². The van der Waals surface area contributed by atoms with E-state index in [1.54, 1.807) is 25.1 Å². The molecule has 0 radical (unpaired) electrons. The van der Waals surface area contributed by atoms with Crippen LogP contribution < -0.4 is 5.63 Å². The van der Waals surface area contributed by atoms with Crippen molar-refractivity contribution in [2.75, 3.05) is 0 Å². The fraction of sp³-hybridized carbons (Fsp3) is 0.100.